The quantitative estimate of drug-likeness (QED) is 0.864. The second-order valence-corrected chi connectivity index (χ2v) is 4.52. The first kappa shape index (κ1) is 13.3. The molecule has 0 spiro atoms. The standard InChI is InChI=1S/C14H18N4O/c1-3-5-11-8-13(18-17-11)16-14(19)9-12-10(2)6-4-7-15-12/h4,6-8H,3,5,9H2,1-2H3,(H2,16,17,18,19). The Hall–Kier alpha value is -2.17. The van der Waals surface area contributed by atoms with Crippen LogP contribution in [-0.4, -0.2) is 21.1 Å². The van der Waals surface area contributed by atoms with Crippen molar-refractivity contribution in [3.05, 3.63) is 41.3 Å². The summed E-state index contributed by atoms with van der Waals surface area (Å²) in [4.78, 5) is 16.1. The Morgan fingerprint density at radius 2 is 2.32 bits per heavy atom. The number of carbonyl (C=O) groups is 1. The summed E-state index contributed by atoms with van der Waals surface area (Å²) in [5, 5.41) is 9.74. The maximum absolute atomic E-state index is 11.9. The largest absolute Gasteiger partial charge is 0.309 e. The third kappa shape index (κ3) is 3.64. The molecule has 0 bridgehead atoms. The zero-order valence-corrected chi connectivity index (χ0v) is 11.2. The Labute approximate surface area is 112 Å². The van der Waals surface area contributed by atoms with Gasteiger partial charge in [-0.2, -0.15) is 5.10 Å². The number of rotatable bonds is 5. The summed E-state index contributed by atoms with van der Waals surface area (Å²) in [7, 11) is 0. The lowest BCUT2D eigenvalue weighted by Gasteiger charge is -2.03. The number of pyridine rings is 1. The van der Waals surface area contributed by atoms with Crippen LogP contribution in [-0.2, 0) is 17.6 Å². The van der Waals surface area contributed by atoms with Crippen LogP contribution < -0.4 is 5.32 Å². The molecule has 19 heavy (non-hydrogen) atoms. The third-order valence-corrected chi connectivity index (χ3v) is 2.86. The molecule has 2 aromatic heterocycles. The van der Waals surface area contributed by atoms with Gasteiger partial charge in [0.05, 0.1) is 12.1 Å². The molecule has 0 saturated carbocycles. The highest BCUT2D eigenvalue weighted by molar-refractivity contribution is 5.91. The minimum atomic E-state index is -0.101. The van der Waals surface area contributed by atoms with Gasteiger partial charge in [0.15, 0.2) is 5.82 Å². The van der Waals surface area contributed by atoms with Crippen molar-refractivity contribution in [1.82, 2.24) is 15.2 Å². The molecule has 2 N–H and O–H groups in total. The number of hydrogen-bond acceptors (Lipinski definition) is 3. The second-order valence-electron chi connectivity index (χ2n) is 4.52. The van der Waals surface area contributed by atoms with Crippen molar-refractivity contribution in [2.24, 2.45) is 0 Å². The molecular formula is C14H18N4O. The van der Waals surface area contributed by atoms with E-state index in [4.69, 9.17) is 0 Å². The number of aryl methyl sites for hydroxylation is 2. The Balaban J connectivity index is 1.95. The van der Waals surface area contributed by atoms with Crippen LogP contribution in [0, 0.1) is 6.92 Å². The van der Waals surface area contributed by atoms with Crippen LogP contribution in [0.25, 0.3) is 0 Å². The molecule has 2 heterocycles. The van der Waals surface area contributed by atoms with Crippen molar-refractivity contribution in [2.75, 3.05) is 5.32 Å². The van der Waals surface area contributed by atoms with E-state index in [-0.39, 0.29) is 12.3 Å². The van der Waals surface area contributed by atoms with Crippen molar-refractivity contribution in [2.45, 2.75) is 33.1 Å². The van der Waals surface area contributed by atoms with E-state index < -0.39 is 0 Å². The zero-order chi connectivity index (χ0) is 13.7. The maximum atomic E-state index is 11.9. The number of aromatic amines is 1. The van der Waals surface area contributed by atoms with Crippen LogP contribution in [0.5, 0.6) is 0 Å². The number of anilines is 1. The lowest BCUT2D eigenvalue weighted by Crippen LogP contribution is -2.16. The van der Waals surface area contributed by atoms with Gasteiger partial charge in [0.25, 0.3) is 0 Å². The summed E-state index contributed by atoms with van der Waals surface area (Å²) in [5.41, 5.74) is 2.85. The highest BCUT2D eigenvalue weighted by Gasteiger charge is 2.09. The number of nitrogens with one attached hydrogen (secondary N) is 2. The Bertz CT molecular complexity index is 562. The first-order valence-electron chi connectivity index (χ1n) is 6.43. The molecule has 0 fully saturated rings. The van der Waals surface area contributed by atoms with Crippen molar-refractivity contribution < 1.29 is 4.79 Å². The molecule has 0 radical (unpaired) electrons. The van der Waals surface area contributed by atoms with Crippen molar-refractivity contribution >= 4 is 11.7 Å². The molecule has 2 rings (SSSR count). The fraction of sp³-hybridized carbons (Fsp3) is 0.357. The first-order valence-corrected chi connectivity index (χ1v) is 6.43. The predicted octanol–water partition coefficient (Wildman–Crippen LogP) is 2.25. The van der Waals surface area contributed by atoms with E-state index in [2.05, 4.69) is 27.4 Å². The predicted molar refractivity (Wildman–Crippen MR) is 73.9 cm³/mol. The molecule has 1 amide bonds. The third-order valence-electron chi connectivity index (χ3n) is 2.86. The van der Waals surface area contributed by atoms with Gasteiger partial charge >= 0.3 is 0 Å². The zero-order valence-electron chi connectivity index (χ0n) is 11.2. The summed E-state index contributed by atoms with van der Waals surface area (Å²) in [6.45, 7) is 4.05. The highest BCUT2D eigenvalue weighted by Crippen LogP contribution is 2.09. The molecule has 100 valence electrons. The lowest BCUT2D eigenvalue weighted by atomic mass is 10.1. The van der Waals surface area contributed by atoms with Crippen LogP contribution >= 0.6 is 0 Å². The van der Waals surface area contributed by atoms with Gasteiger partial charge < -0.3 is 5.32 Å². The molecular weight excluding hydrogens is 240 g/mol. The van der Waals surface area contributed by atoms with Crippen molar-refractivity contribution in [1.29, 1.82) is 0 Å². The molecule has 0 unspecified atom stereocenters. The van der Waals surface area contributed by atoms with Crippen molar-refractivity contribution in [3.63, 3.8) is 0 Å². The number of aromatic nitrogens is 3. The monoisotopic (exact) mass is 258 g/mol. The molecule has 0 aromatic carbocycles. The molecule has 0 aliphatic rings. The summed E-state index contributed by atoms with van der Waals surface area (Å²) in [5.74, 6) is 0.471. The van der Waals surface area contributed by atoms with Crippen LogP contribution in [0.4, 0.5) is 5.82 Å². The first-order chi connectivity index (χ1) is 9.19. The summed E-state index contributed by atoms with van der Waals surface area (Å²) in [6, 6.07) is 5.68. The van der Waals surface area contributed by atoms with Crippen LogP contribution in [0.3, 0.4) is 0 Å². The smallest absolute Gasteiger partial charge is 0.231 e. The molecule has 5 heteroatoms. The van der Waals surface area contributed by atoms with E-state index in [0.29, 0.717) is 5.82 Å². The van der Waals surface area contributed by atoms with Gasteiger partial charge in [0.1, 0.15) is 0 Å². The van der Waals surface area contributed by atoms with Crippen LogP contribution in [0.2, 0.25) is 0 Å². The summed E-state index contributed by atoms with van der Waals surface area (Å²) >= 11 is 0. The number of nitrogens with zero attached hydrogens (tertiary/aromatic N) is 2. The highest BCUT2D eigenvalue weighted by atomic mass is 16.1. The molecule has 0 aliphatic heterocycles. The molecule has 0 saturated heterocycles. The van der Waals surface area contributed by atoms with E-state index in [1.54, 1.807) is 6.20 Å². The topological polar surface area (TPSA) is 70.7 Å². The normalized spacial score (nSPS) is 10.4. The Morgan fingerprint density at radius 3 is 3.05 bits per heavy atom. The average Bonchev–Trinajstić information content (AvgIpc) is 2.80. The van der Waals surface area contributed by atoms with Gasteiger partial charge in [-0.05, 0) is 25.0 Å². The minimum Gasteiger partial charge on any atom is -0.309 e. The van der Waals surface area contributed by atoms with Gasteiger partial charge in [0, 0.05) is 18.0 Å². The number of carbonyl (C=O) groups excluding carboxylic acids is 1. The van der Waals surface area contributed by atoms with Crippen molar-refractivity contribution in [3.8, 4) is 0 Å². The van der Waals surface area contributed by atoms with E-state index >= 15 is 0 Å². The fourth-order valence-corrected chi connectivity index (χ4v) is 1.87. The van der Waals surface area contributed by atoms with Gasteiger partial charge in [-0.25, -0.2) is 0 Å². The van der Waals surface area contributed by atoms with Crippen LogP contribution in [0.1, 0.15) is 30.3 Å². The number of H-pyrrole nitrogens is 1. The van der Waals surface area contributed by atoms with Gasteiger partial charge in [-0.1, -0.05) is 19.4 Å². The summed E-state index contributed by atoms with van der Waals surface area (Å²) in [6.07, 6.45) is 3.94. The molecule has 5 nitrogen and oxygen atoms in total. The van der Waals surface area contributed by atoms with E-state index in [9.17, 15) is 4.79 Å². The minimum absolute atomic E-state index is 0.101. The number of amides is 1. The van der Waals surface area contributed by atoms with Gasteiger partial charge in [0.2, 0.25) is 5.91 Å². The SMILES string of the molecule is CCCc1cc(NC(=O)Cc2ncccc2C)n[nH]1. The Kier molecular flexibility index (Phi) is 4.28. The summed E-state index contributed by atoms with van der Waals surface area (Å²) < 4.78 is 0. The maximum Gasteiger partial charge on any atom is 0.231 e. The van der Waals surface area contributed by atoms with Crippen LogP contribution in [0.15, 0.2) is 24.4 Å². The Morgan fingerprint density at radius 1 is 1.47 bits per heavy atom. The van der Waals surface area contributed by atoms with E-state index in [1.165, 1.54) is 0 Å². The van der Waals surface area contributed by atoms with Gasteiger partial charge in [-0.3, -0.25) is 14.9 Å². The number of hydrogen-bond donors (Lipinski definition) is 2. The molecule has 2 aromatic rings. The van der Waals surface area contributed by atoms with Gasteiger partial charge in [-0.15, -0.1) is 0 Å². The van der Waals surface area contributed by atoms with E-state index in [0.717, 1.165) is 29.8 Å². The molecule has 0 atom stereocenters. The second kappa shape index (κ2) is 6.13. The lowest BCUT2D eigenvalue weighted by molar-refractivity contribution is -0.115. The van der Waals surface area contributed by atoms with E-state index in [1.807, 2.05) is 25.1 Å². The molecule has 0 aliphatic carbocycles. The average molecular weight is 258 g/mol. The fourth-order valence-electron chi connectivity index (χ4n) is 1.87.